The molecule has 2 rings (SSSR count). The van der Waals surface area contributed by atoms with E-state index >= 15 is 0 Å². The zero-order valence-corrected chi connectivity index (χ0v) is 9.92. The van der Waals surface area contributed by atoms with Crippen molar-refractivity contribution in [2.24, 2.45) is 0 Å². The summed E-state index contributed by atoms with van der Waals surface area (Å²) in [6.07, 6.45) is 0.757. The van der Waals surface area contributed by atoms with Gasteiger partial charge in [0.2, 0.25) is 5.13 Å². The average Bonchev–Trinajstić information content (AvgIpc) is 2.77. The van der Waals surface area contributed by atoms with Gasteiger partial charge < -0.3 is 0 Å². The van der Waals surface area contributed by atoms with Crippen molar-refractivity contribution in [1.29, 1.82) is 0 Å². The van der Waals surface area contributed by atoms with Gasteiger partial charge >= 0.3 is 0 Å². The number of carbonyl (C=O) groups excluding carboxylic acids is 1. The molecule has 0 fully saturated rings. The number of aromatic nitrogens is 2. The van der Waals surface area contributed by atoms with Gasteiger partial charge in [0.25, 0.3) is 5.91 Å². The maximum atomic E-state index is 13.3. The molecule has 0 saturated carbocycles. The molecule has 0 saturated heterocycles. The Balaban J connectivity index is 2.14. The highest BCUT2D eigenvalue weighted by Crippen LogP contribution is 2.17. The van der Waals surface area contributed by atoms with Gasteiger partial charge in [0, 0.05) is 0 Å². The first-order valence-corrected chi connectivity index (χ1v) is 5.90. The van der Waals surface area contributed by atoms with E-state index in [1.54, 1.807) is 6.07 Å². The number of rotatable bonds is 3. The van der Waals surface area contributed by atoms with Crippen LogP contribution in [0.1, 0.15) is 22.3 Å². The molecular weight excluding hydrogens is 241 g/mol. The van der Waals surface area contributed by atoms with Crippen LogP contribution in [0.5, 0.6) is 0 Å². The monoisotopic (exact) mass is 251 g/mol. The van der Waals surface area contributed by atoms with Crippen LogP contribution in [0.15, 0.2) is 24.3 Å². The standard InChI is InChI=1S/C11H10FN3OS/c1-2-9-14-15-11(17-9)13-10(16)7-5-3-4-6-8(7)12/h3-6H,2H2,1H3,(H,13,15,16). The van der Waals surface area contributed by atoms with Crippen LogP contribution in [0.2, 0.25) is 0 Å². The van der Waals surface area contributed by atoms with Gasteiger partial charge in [-0.15, -0.1) is 10.2 Å². The summed E-state index contributed by atoms with van der Waals surface area (Å²) in [5, 5.41) is 11.4. The normalized spacial score (nSPS) is 10.2. The largest absolute Gasteiger partial charge is 0.296 e. The first-order valence-electron chi connectivity index (χ1n) is 5.09. The van der Waals surface area contributed by atoms with Crippen LogP contribution >= 0.6 is 11.3 Å². The van der Waals surface area contributed by atoms with Gasteiger partial charge in [-0.05, 0) is 18.6 Å². The van der Waals surface area contributed by atoms with Crippen LogP contribution in [0.3, 0.4) is 0 Å². The summed E-state index contributed by atoms with van der Waals surface area (Å²) in [7, 11) is 0. The zero-order valence-electron chi connectivity index (χ0n) is 9.11. The Bertz CT molecular complexity index is 541. The third kappa shape index (κ3) is 2.65. The van der Waals surface area contributed by atoms with Crippen molar-refractivity contribution >= 4 is 22.4 Å². The highest BCUT2D eigenvalue weighted by atomic mass is 32.1. The topological polar surface area (TPSA) is 54.9 Å². The minimum atomic E-state index is -0.551. The lowest BCUT2D eigenvalue weighted by molar-refractivity contribution is 0.102. The van der Waals surface area contributed by atoms with E-state index in [2.05, 4.69) is 15.5 Å². The van der Waals surface area contributed by atoms with Crippen LogP contribution in [0, 0.1) is 5.82 Å². The van der Waals surface area contributed by atoms with Crippen LogP contribution in [0.4, 0.5) is 9.52 Å². The molecule has 0 atom stereocenters. The molecule has 2 aromatic rings. The van der Waals surface area contributed by atoms with Gasteiger partial charge in [0.1, 0.15) is 10.8 Å². The summed E-state index contributed by atoms with van der Waals surface area (Å²) in [6.45, 7) is 1.95. The number of amides is 1. The van der Waals surface area contributed by atoms with Gasteiger partial charge in [-0.1, -0.05) is 30.4 Å². The second-order valence-electron chi connectivity index (χ2n) is 3.29. The van der Waals surface area contributed by atoms with Gasteiger partial charge in [-0.3, -0.25) is 10.1 Å². The third-order valence-corrected chi connectivity index (χ3v) is 3.09. The fourth-order valence-corrected chi connectivity index (χ4v) is 1.93. The Morgan fingerprint density at radius 2 is 2.18 bits per heavy atom. The molecule has 0 aliphatic carbocycles. The van der Waals surface area contributed by atoms with E-state index in [1.807, 2.05) is 6.92 Å². The predicted molar refractivity (Wildman–Crippen MR) is 63.6 cm³/mol. The van der Waals surface area contributed by atoms with E-state index in [-0.39, 0.29) is 5.56 Å². The number of carbonyl (C=O) groups is 1. The van der Waals surface area contributed by atoms with Crippen molar-refractivity contribution in [3.63, 3.8) is 0 Å². The number of halogens is 1. The molecule has 0 bridgehead atoms. The lowest BCUT2D eigenvalue weighted by Gasteiger charge is -2.01. The Labute approximate surface area is 102 Å². The summed E-state index contributed by atoms with van der Waals surface area (Å²) >= 11 is 1.29. The summed E-state index contributed by atoms with van der Waals surface area (Å²) in [5.74, 6) is -1.06. The maximum Gasteiger partial charge on any atom is 0.260 e. The zero-order chi connectivity index (χ0) is 12.3. The molecule has 0 aliphatic rings. The van der Waals surface area contributed by atoms with Crippen LogP contribution in [-0.2, 0) is 6.42 Å². The van der Waals surface area contributed by atoms with Crippen LogP contribution < -0.4 is 5.32 Å². The number of aryl methyl sites for hydroxylation is 1. The van der Waals surface area contributed by atoms with E-state index in [0.29, 0.717) is 5.13 Å². The minimum Gasteiger partial charge on any atom is -0.296 e. The van der Waals surface area contributed by atoms with E-state index in [9.17, 15) is 9.18 Å². The van der Waals surface area contributed by atoms with Gasteiger partial charge in [0.05, 0.1) is 5.56 Å². The number of hydrogen-bond donors (Lipinski definition) is 1. The molecule has 88 valence electrons. The van der Waals surface area contributed by atoms with E-state index in [4.69, 9.17) is 0 Å². The lowest BCUT2D eigenvalue weighted by atomic mass is 10.2. The first kappa shape index (κ1) is 11.7. The second-order valence-corrected chi connectivity index (χ2v) is 4.35. The molecule has 0 radical (unpaired) electrons. The van der Waals surface area contributed by atoms with Gasteiger partial charge in [-0.25, -0.2) is 4.39 Å². The fourth-order valence-electron chi connectivity index (χ4n) is 1.26. The molecule has 1 aromatic heterocycles. The first-order chi connectivity index (χ1) is 8.20. The Morgan fingerprint density at radius 1 is 1.41 bits per heavy atom. The molecule has 4 nitrogen and oxygen atoms in total. The molecule has 0 unspecified atom stereocenters. The average molecular weight is 251 g/mol. The van der Waals surface area contributed by atoms with Crippen molar-refractivity contribution in [3.8, 4) is 0 Å². The highest BCUT2D eigenvalue weighted by molar-refractivity contribution is 7.15. The van der Waals surface area contributed by atoms with E-state index in [1.165, 1.54) is 29.5 Å². The molecule has 0 aliphatic heterocycles. The summed E-state index contributed by atoms with van der Waals surface area (Å²) in [5.41, 5.74) is 0.000693. The Hall–Kier alpha value is -1.82. The molecule has 1 aromatic carbocycles. The van der Waals surface area contributed by atoms with Crippen molar-refractivity contribution in [1.82, 2.24) is 10.2 Å². The van der Waals surface area contributed by atoms with Crippen molar-refractivity contribution < 1.29 is 9.18 Å². The Kier molecular flexibility index (Phi) is 3.43. The lowest BCUT2D eigenvalue weighted by Crippen LogP contribution is -2.13. The number of nitrogens with one attached hydrogen (secondary N) is 1. The smallest absolute Gasteiger partial charge is 0.260 e. The second kappa shape index (κ2) is 5.01. The molecular formula is C11H10FN3OS. The van der Waals surface area contributed by atoms with Crippen LogP contribution in [0.25, 0.3) is 0 Å². The van der Waals surface area contributed by atoms with Crippen LogP contribution in [-0.4, -0.2) is 16.1 Å². The van der Waals surface area contributed by atoms with Gasteiger partial charge in [-0.2, -0.15) is 0 Å². The van der Waals surface area contributed by atoms with E-state index < -0.39 is 11.7 Å². The number of anilines is 1. The number of hydrogen-bond acceptors (Lipinski definition) is 4. The molecule has 0 spiro atoms. The summed E-state index contributed by atoms with van der Waals surface area (Å²) < 4.78 is 13.3. The van der Waals surface area contributed by atoms with E-state index in [0.717, 1.165) is 11.4 Å². The van der Waals surface area contributed by atoms with Crippen molar-refractivity contribution in [2.75, 3.05) is 5.32 Å². The van der Waals surface area contributed by atoms with Crippen molar-refractivity contribution in [3.05, 3.63) is 40.7 Å². The molecule has 17 heavy (non-hydrogen) atoms. The van der Waals surface area contributed by atoms with Crippen molar-refractivity contribution in [2.45, 2.75) is 13.3 Å². The van der Waals surface area contributed by atoms with Gasteiger partial charge in [0.15, 0.2) is 0 Å². The Morgan fingerprint density at radius 3 is 2.82 bits per heavy atom. The fraction of sp³-hybridized carbons (Fsp3) is 0.182. The summed E-state index contributed by atoms with van der Waals surface area (Å²) in [6, 6.07) is 5.81. The summed E-state index contributed by atoms with van der Waals surface area (Å²) in [4.78, 5) is 11.7. The highest BCUT2D eigenvalue weighted by Gasteiger charge is 2.13. The minimum absolute atomic E-state index is 0.000693. The third-order valence-electron chi connectivity index (χ3n) is 2.11. The molecule has 6 heteroatoms. The number of benzene rings is 1. The molecule has 1 amide bonds. The molecule has 1 heterocycles. The quantitative estimate of drug-likeness (QED) is 0.911. The maximum absolute atomic E-state index is 13.3. The predicted octanol–water partition coefficient (Wildman–Crippen LogP) is 2.49. The molecule has 1 N–H and O–H groups in total. The number of nitrogens with zero attached hydrogens (tertiary/aromatic N) is 2. The SMILES string of the molecule is CCc1nnc(NC(=O)c2ccccc2F)s1.